The lowest BCUT2D eigenvalue weighted by Gasteiger charge is -2.13. The molecule has 9 heteroatoms. The van der Waals surface area contributed by atoms with Crippen LogP contribution >= 0.6 is 0 Å². The van der Waals surface area contributed by atoms with Crippen molar-refractivity contribution in [2.45, 2.75) is 6.18 Å². The third-order valence-corrected chi connectivity index (χ3v) is 4.36. The van der Waals surface area contributed by atoms with Crippen molar-refractivity contribution in [3.05, 3.63) is 83.1 Å². The van der Waals surface area contributed by atoms with E-state index < -0.39 is 34.9 Å². The molecule has 3 aromatic rings. The smallest absolute Gasteiger partial charge is 0.418 e. The first-order valence-corrected chi connectivity index (χ1v) is 9.11. The number of methoxy groups -OCH3 is 1. The molecule has 0 fully saturated rings. The molecule has 1 amide bonds. The van der Waals surface area contributed by atoms with Gasteiger partial charge in [0, 0.05) is 11.6 Å². The molecule has 0 spiro atoms. The van der Waals surface area contributed by atoms with Gasteiger partial charge >= 0.3 is 12.1 Å². The summed E-state index contributed by atoms with van der Waals surface area (Å²) in [5.41, 5.74) is -1.30. The minimum atomic E-state index is -4.68. The zero-order valence-electron chi connectivity index (χ0n) is 16.6. The van der Waals surface area contributed by atoms with Crippen molar-refractivity contribution in [2.75, 3.05) is 12.4 Å². The second-order valence-corrected chi connectivity index (χ2v) is 6.41. The Morgan fingerprint density at radius 1 is 1.06 bits per heavy atom. The average molecular weight is 440 g/mol. The SMILES string of the molecule is COC(=O)c1ccccc1-c1ccc(/C=C(\C#N)C(=O)Nc2ccccc2C(F)(F)F)o1. The van der Waals surface area contributed by atoms with E-state index in [9.17, 15) is 28.0 Å². The summed E-state index contributed by atoms with van der Waals surface area (Å²) in [7, 11) is 1.24. The molecule has 162 valence electrons. The number of furan rings is 1. The van der Waals surface area contributed by atoms with E-state index in [1.807, 2.05) is 0 Å². The van der Waals surface area contributed by atoms with Crippen LogP contribution in [0.5, 0.6) is 0 Å². The fourth-order valence-electron chi connectivity index (χ4n) is 2.88. The van der Waals surface area contributed by atoms with Crippen LogP contribution in [0.15, 0.2) is 70.7 Å². The van der Waals surface area contributed by atoms with E-state index in [0.717, 1.165) is 18.2 Å². The summed E-state index contributed by atoms with van der Waals surface area (Å²) in [6, 6.07) is 15.6. The van der Waals surface area contributed by atoms with Gasteiger partial charge in [-0.15, -0.1) is 0 Å². The summed E-state index contributed by atoms with van der Waals surface area (Å²) >= 11 is 0. The molecular weight excluding hydrogens is 425 g/mol. The van der Waals surface area contributed by atoms with E-state index >= 15 is 0 Å². The van der Waals surface area contributed by atoms with Crippen molar-refractivity contribution < 1.29 is 31.9 Å². The van der Waals surface area contributed by atoms with Crippen molar-refractivity contribution in [2.24, 2.45) is 0 Å². The number of carbonyl (C=O) groups excluding carboxylic acids is 2. The Kier molecular flexibility index (Phi) is 6.45. The molecule has 0 bridgehead atoms. The first kappa shape index (κ1) is 22.4. The minimum Gasteiger partial charge on any atom is -0.465 e. The Labute approximate surface area is 180 Å². The number of benzene rings is 2. The largest absolute Gasteiger partial charge is 0.465 e. The Bertz CT molecular complexity index is 1240. The standard InChI is InChI=1S/C23H15F3N2O4/c1-31-22(30)17-7-3-2-6-16(17)20-11-10-15(32-20)12-14(13-27)21(29)28-19-9-5-4-8-18(19)23(24,25)26/h2-12H,1H3,(H,28,29)/b14-12+. The normalized spacial score (nSPS) is 11.5. The van der Waals surface area contributed by atoms with Crippen LogP contribution in [0.2, 0.25) is 0 Å². The highest BCUT2D eigenvalue weighted by Crippen LogP contribution is 2.35. The first-order valence-electron chi connectivity index (χ1n) is 9.11. The molecule has 1 N–H and O–H groups in total. The topological polar surface area (TPSA) is 92.3 Å². The van der Waals surface area contributed by atoms with E-state index in [2.05, 4.69) is 5.32 Å². The zero-order valence-corrected chi connectivity index (χ0v) is 16.6. The van der Waals surface area contributed by atoms with Crippen molar-refractivity contribution in [3.8, 4) is 17.4 Å². The number of hydrogen-bond acceptors (Lipinski definition) is 5. The number of para-hydroxylation sites is 1. The van der Waals surface area contributed by atoms with Gasteiger partial charge in [0.05, 0.1) is 23.9 Å². The monoisotopic (exact) mass is 440 g/mol. The Balaban J connectivity index is 1.88. The molecule has 0 aliphatic heterocycles. The maximum Gasteiger partial charge on any atom is 0.418 e. The molecule has 0 saturated heterocycles. The maximum atomic E-state index is 13.1. The predicted octanol–water partition coefficient (Wildman–Crippen LogP) is 5.30. The van der Waals surface area contributed by atoms with Crippen molar-refractivity contribution in [1.29, 1.82) is 5.26 Å². The van der Waals surface area contributed by atoms with Gasteiger partial charge in [-0.05, 0) is 30.3 Å². The number of ether oxygens (including phenoxy) is 1. The molecule has 6 nitrogen and oxygen atoms in total. The van der Waals surface area contributed by atoms with Crippen LogP contribution in [-0.2, 0) is 15.7 Å². The molecule has 0 aliphatic rings. The van der Waals surface area contributed by atoms with Gasteiger partial charge in [-0.25, -0.2) is 4.79 Å². The van der Waals surface area contributed by atoms with Crippen LogP contribution in [-0.4, -0.2) is 19.0 Å². The second kappa shape index (κ2) is 9.22. The molecule has 0 unspecified atom stereocenters. The number of anilines is 1. The Hall–Kier alpha value is -4.32. The molecular formula is C23H15F3N2O4. The van der Waals surface area contributed by atoms with E-state index in [1.165, 1.54) is 31.4 Å². The molecule has 2 aromatic carbocycles. The summed E-state index contributed by atoms with van der Waals surface area (Å²) in [6.45, 7) is 0. The minimum absolute atomic E-state index is 0.0930. The van der Waals surface area contributed by atoms with Crippen LogP contribution in [0.3, 0.4) is 0 Å². The van der Waals surface area contributed by atoms with E-state index in [1.54, 1.807) is 30.3 Å². The van der Waals surface area contributed by atoms with Gasteiger partial charge < -0.3 is 14.5 Å². The highest BCUT2D eigenvalue weighted by atomic mass is 19.4. The molecule has 3 rings (SSSR count). The van der Waals surface area contributed by atoms with Crippen molar-refractivity contribution in [1.82, 2.24) is 0 Å². The number of amides is 1. The average Bonchev–Trinajstić information content (AvgIpc) is 3.25. The van der Waals surface area contributed by atoms with Crippen molar-refractivity contribution in [3.63, 3.8) is 0 Å². The van der Waals surface area contributed by atoms with E-state index in [0.29, 0.717) is 5.56 Å². The quantitative estimate of drug-likeness (QED) is 0.330. The number of halogens is 3. The third-order valence-electron chi connectivity index (χ3n) is 4.36. The molecule has 1 aromatic heterocycles. The van der Waals surface area contributed by atoms with Crippen LogP contribution in [0, 0.1) is 11.3 Å². The van der Waals surface area contributed by atoms with E-state index in [-0.39, 0.29) is 17.1 Å². The Morgan fingerprint density at radius 3 is 2.44 bits per heavy atom. The number of alkyl halides is 3. The van der Waals surface area contributed by atoms with Crippen LogP contribution < -0.4 is 5.32 Å². The van der Waals surface area contributed by atoms with Gasteiger partial charge in [-0.2, -0.15) is 18.4 Å². The van der Waals surface area contributed by atoms with Gasteiger partial charge in [0.25, 0.3) is 5.91 Å². The number of nitrogens with zero attached hydrogens (tertiary/aromatic N) is 1. The number of nitrogens with one attached hydrogen (secondary N) is 1. The maximum absolute atomic E-state index is 13.1. The first-order chi connectivity index (χ1) is 15.2. The number of carbonyl (C=O) groups is 2. The zero-order chi connectivity index (χ0) is 23.3. The lowest BCUT2D eigenvalue weighted by atomic mass is 10.1. The summed E-state index contributed by atoms with van der Waals surface area (Å²) in [5.74, 6) is -1.24. The number of hydrogen-bond donors (Lipinski definition) is 1. The van der Waals surface area contributed by atoms with Gasteiger partial charge in [0.1, 0.15) is 23.2 Å². The molecule has 32 heavy (non-hydrogen) atoms. The van der Waals surface area contributed by atoms with Crippen LogP contribution in [0.4, 0.5) is 18.9 Å². The fourth-order valence-corrected chi connectivity index (χ4v) is 2.88. The molecule has 0 atom stereocenters. The third kappa shape index (κ3) is 4.87. The van der Waals surface area contributed by atoms with Crippen LogP contribution in [0.25, 0.3) is 17.4 Å². The van der Waals surface area contributed by atoms with Gasteiger partial charge in [-0.3, -0.25) is 4.79 Å². The van der Waals surface area contributed by atoms with Gasteiger partial charge in [0.2, 0.25) is 0 Å². The molecule has 1 heterocycles. The second-order valence-electron chi connectivity index (χ2n) is 6.41. The van der Waals surface area contributed by atoms with Gasteiger partial charge in [0.15, 0.2) is 0 Å². The lowest BCUT2D eigenvalue weighted by Crippen LogP contribution is -2.17. The van der Waals surface area contributed by atoms with E-state index in [4.69, 9.17) is 9.15 Å². The molecule has 0 saturated carbocycles. The molecule has 0 aliphatic carbocycles. The number of rotatable bonds is 5. The highest BCUT2D eigenvalue weighted by molar-refractivity contribution is 6.09. The lowest BCUT2D eigenvalue weighted by molar-refractivity contribution is -0.137. The summed E-state index contributed by atoms with van der Waals surface area (Å²) in [5, 5.41) is 11.4. The van der Waals surface area contributed by atoms with Crippen molar-refractivity contribution >= 4 is 23.6 Å². The predicted molar refractivity (Wildman–Crippen MR) is 109 cm³/mol. The number of esters is 1. The fraction of sp³-hybridized carbons (Fsp3) is 0.0870. The summed E-state index contributed by atoms with van der Waals surface area (Å²) in [4.78, 5) is 24.4. The van der Waals surface area contributed by atoms with Gasteiger partial charge in [-0.1, -0.05) is 30.3 Å². The summed E-state index contributed by atoms with van der Waals surface area (Å²) < 4.78 is 49.7. The summed E-state index contributed by atoms with van der Waals surface area (Å²) in [6.07, 6.45) is -3.58. The molecule has 0 radical (unpaired) electrons. The van der Waals surface area contributed by atoms with Crippen LogP contribution in [0.1, 0.15) is 21.7 Å². The highest BCUT2D eigenvalue weighted by Gasteiger charge is 2.33. The number of nitriles is 1. The Morgan fingerprint density at radius 2 is 1.75 bits per heavy atom.